The summed E-state index contributed by atoms with van der Waals surface area (Å²) < 4.78 is 0. The second-order valence-corrected chi connectivity index (χ2v) is 6.09. The summed E-state index contributed by atoms with van der Waals surface area (Å²) in [6.45, 7) is 6.73. The van der Waals surface area contributed by atoms with E-state index in [9.17, 15) is 4.79 Å². The van der Waals surface area contributed by atoms with Gasteiger partial charge in [-0.25, -0.2) is 0 Å². The van der Waals surface area contributed by atoms with Crippen LogP contribution in [0.5, 0.6) is 0 Å². The van der Waals surface area contributed by atoms with Gasteiger partial charge in [-0.3, -0.25) is 14.6 Å². The van der Waals surface area contributed by atoms with Crippen LogP contribution in [0.25, 0.3) is 0 Å². The molecule has 1 N–H and O–H groups in total. The molecule has 0 aromatic heterocycles. The molecule has 0 aliphatic carbocycles. The molecule has 2 saturated heterocycles. The van der Waals surface area contributed by atoms with Crippen molar-refractivity contribution in [3.63, 3.8) is 0 Å². The first-order valence-electron chi connectivity index (χ1n) is 7.36. The van der Waals surface area contributed by atoms with Crippen molar-refractivity contribution in [1.82, 2.24) is 10.2 Å². The Morgan fingerprint density at radius 3 is 2.35 bits per heavy atom. The van der Waals surface area contributed by atoms with Gasteiger partial charge in [-0.1, -0.05) is 18.2 Å². The average molecular weight is 273 g/mol. The zero-order chi connectivity index (χ0) is 14.3. The number of nitrogens with zero attached hydrogens (tertiary/aromatic N) is 2. The van der Waals surface area contributed by atoms with Crippen molar-refractivity contribution in [3.05, 3.63) is 29.3 Å². The highest BCUT2D eigenvalue weighted by Crippen LogP contribution is 2.37. The molecule has 2 aliphatic heterocycles. The average Bonchev–Trinajstić information content (AvgIpc) is 2.66. The van der Waals surface area contributed by atoms with E-state index < -0.39 is 0 Å². The summed E-state index contributed by atoms with van der Waals surface area (Å²) in [5, 5.41) is 3.36. The SMILES string of the molecule is Cc1cccc(C)c1N1CN(C)C2(CCNCC2)C1=O. The number of nitrogens with one attached hydrogen (secondary N) is 1. The first-order valence-corrected chi connectivity index (χ1v) is 7.36. The zero-order valence-corrected chi connectivity index (χ0v) is 12.6. The molecule has 2 aliphatic rings. The van der Waals surface area contributed by atoms with Gasteiger partial charge in [0.2, 0.25) is 5.91 Å². The molecule has 4 heteroatoms. The van der Waals surface area contributed by atoms with E-state index in [1.807, 2.05) is 4.90 Å². The first kappa shape index (κ1) is 13.6. The van der Waals surface area contributed by atoms with Gasteiger partial charge in [0.25, 0.3) is 0 Å². The number of benzene rings is 1. The number of rotatable bonds is 1. The molecule has 0 atom stereocenters. The Morgan fingerprint density at radius 2 is 1.75 bits per heavy atom. The molecule has 0 unspecified atom stereocenters. The van der Waals surface area contributed by atoms with Crippen LogP contribution in [-0.2, 0) is 4.79 Å². The van der Waals surface area contributed by atoms with E-state index in [0.29, 0.717) is 6.67 Å². The summed E-state index contributed by atoms with van der Waals surface area (Å²) in [5.41, 5.74) is 3.16. The van der Waals surface area contributed by atoms with Gasteiger partial charge in [-0.05, 0) is 58.0 Å². The largest absolute Gasteiger partial charge is 0.317 e. The van der Waals surface area contributed by atoms with Crippen molar-refractivity contribution in [3.8, 4) is 0 Å². The Kier molecular flexibility index (Phi) is 3.30. The number of likely N-dealkylation sites (N-methyl/N-ethyl adjacent to an activating group) is 1. The smallest absolute Gasteiger partial charge is 0.248 e. The molecule has 2 fully saturated rings. The van der Waals surface area contributed by atoms with Gasteiger partial charge in [0, 0.05) is 0 Å². The predicted molar refractivity (Wildman–Crippen MR) is 80.9 cm³/mol. The number of anilines is 1. The van der Waals surface area contributed by atoms with Gasteiger partial charge in [0.15, 0.2) is 0 Å². The van der Waals surface area contributed by atoms with Crippen LogP contribution in [0.15, 0.2) is 18.2 Å². The number of aryl methyl sites for hydroxylation is 2. The number of hydrogen-bond acceptors (Lipinski definition) is 3. The number of carbonyl (C=O) groups is 1. The van der Waals surface area contributed by atoms with Gasteiger partial charge in [0.05, 0.1) is 12.4 Å². The quantitative estimate of drug-likeness (QED) is 0.845. The lowest BCUT2D eigenvalue weighted by Crippen LogP contribution is -2.54. The van der Waals surface area contributed by atoms with Gasteiger partial charge < -0.3 is 5.32 Å². The third-order valence-electron chi connectivity index (χ3n) is 4.87. The van der Waals surface area contributed by atoms with Crippen molar-refractivity contribution in [2.24, 2.45) is 0 Å². The van der Waals surface area contributed by atoms with Crippen molar-refractivity contribution >= 4 is 11.6 Å². The topological polar surface area (TPSA) is 35.6 Å². The Labute approximate surface area is 120 Å². The molecular formula is C16H23N3O. The Balaban J connectivity index is 1.99. The van der Waals surface area contributed by atoms with Gasteiger partial charge in [0.1, 0.15) is 5.54 Å². The Morgan fingerprint density at radius 1 is 1.15 bits per heavy atom. The molecule has 0 saturated carbocycles. The minimum Gasteiger partial charge on any atom is -0.317 e. The van der Waals surface area contributed by atoms with Crippen molar-refractivity contribution in [2.75, 3.05) is 31.7 Å². The highest BCUT2D eigenvalue weighted by molar-refractivity contribution is 6.03. The molecule has 1 aromatic rings. The van der Waals surface area contributed by atoms with E-state index in [1.54, 1.807) is 0 Å². The lowest BCUT2D eigenvalue weighted by molar-refractivity contribution is -0.125. The molecule has 20 heavy (non-hydrogen) atoms. The number of para-hydroxylation sites is 1. The lowest BCUT2D eigenvalue weighted by atomic mass is 9.87. The predicted octanol–water partition coefficient (Wildman–Crippen LogP) is 1.66. The van der Waals surface area contributed by atoms with Crippen LogP contribution in [-0.4, -0.2) is 43.2 Å². The third kappa shape index (κ3) is 1.86. The second-order valence-electron chi connectivity index (χ2n) is 6.09. The number of piperidine rings is 1. The summed E-state index contributed by atoms with van der Waals surface area (Å²) in [6, 6.07) is 6.23. The number of amides is 1. The molecule has 1 amide bonds. The standard InChI is InChI=1S/C16H23N3O/c1-12-5-4-6-13(2)14(12)19-11-18(3)16(15(19)20)7-9-17-10-8-16/h4-6,17H,7-11H2,1-3H3. The number of carbonyl (C=O) groups excluding carboxylic acids is 1. The molecule has 4 nitrogen and oxygen atoms in total. The summed E-state index contributed by atoms with van der Waals surface area (Å²) in [6.07, 6.45) is 1.81. The molecule has 108 valence electrons. The molecule has 1 aromatic carbocycles. The summed E-state index contributed by atoms with van der Waals surface area (Å²) in [7, 11) is 2.08. The maximum Gasteiger partial charge on any atom is 0.248 e. The van der Waals surface area contributed by atoms with Crippen LogP contribution in [0.1, 0.15) is 24.0 Å². The van der Waals surface area contributed by atoms with Gasteiger partial charge in [-0.2, -0.15) is 0 Å². The van der Waals surface area contributed by atoms with Crippen LogP contribution in [0, 0.1) is 13.8 Å². The van der Waals surface area contributed by atoms with Crippen LogP contribution in [0.2, 0.25) is 0 Å². The monoisotopic (exact) mass is 273 g/mol. The summed E-state index contributed by atoms with van der Waals surface area (Å²) in [4.78, 5) is 17.3. The molecule has 2 heterocycles. The first-order chi connectivity index (χ1) is 9.56. The fourth-order valence-corrected chi connectivity index (χ4v) is 3.67. The van der Waals surface area contributed by atoms with Crippen LogP contribution < -0.4 is 10.2 Å². The van der Waals surface area contributed by atoms with Gasteiger partial charge >= 0.3 is 0 Å². The van der Waals surface area contributed by atoms with Gasteiger partial charge in [-0.15, -0.1) is 0 Å². The molecular weight excluding hydrogens is 250 g/mol. The van der Waals surface area contributed by atoms with Crippen molar-refractivity contribution < 1.29 is 4.79 Å². The molecule has 3 rings (SSSR count). The third-order valence-corrected chi connectivity index (χ3v) is 4.87. The van der Waals surface area contributed by atoms with E-state index in [1.165, 1.54) is 11.1 Å². The maximum atomic E-state index is 13.1. The number of hydrogen-bond donors (Lipinski definition) is 1. The van der Waals surface area contributed by atoms with Crippen LogP contribution >= 0.6 is 0 Å². The minimum atomic E-state index is -0.292. The Hall–Kier alpha value is -1.39. The van der Waals surface area contributed by atoms with E-state index in [-0.39, 0.29) is 11.4 Å². The van der Waals surface area contributed by atoms with E-state index in [0.717, 1.165) is 31.6 Å². The van der Waals surface area contributed by atoms with Crippen LogP contribution in [0.4, 0.5) is 5.69 Å². The van der Waals surface area contributed by atoms with Crippen molar-refractivity contribution in [2.45, 2.75) is 32.2 Å². The highest BCUT2D eigenvalue weighted by atomic mass is 16.2. The molecule has 0 radical (unpaired) electrons. The minimum absolute atomic E-state index is 0.277. The van der Waals surface area contributed by atoms with E-state index in [2.05, 4.69) is 49.3 Å². The fourth-order valence-electron chi connectivity index (χ4n) is 3.67. The summed E-state index contributed by atoms with van der Waals surface area (Å²) in [5.74, 6) is 0.277. The normalized spacial score (nSPS) is 22.8. The Bertz CT molecular complexity index is 514. The molecule has 1 spiro atoms. The van der Waals surface area contributed by atoms with Crippen LogP contribution in [0.3, 0.4) is 0 Å². The summed E-state index contributed by atoms with van der Waals surface area (Å²) >= 11 is 0. The van der Waals surface area contributed by atoms with E-state index in [4.69, 9.17) is 0 Å². The second kappa shape index (κ2) is 4.86. The fraction of sp³-hybridized carbons (Fsp3) is 0.562. The molecule has 0 bridgehead atoms. The van der Waals surface area contributed by atoms with E-state index >= 15 is 0 Å². The zero-order valence-electron chi connectivity index (χ0n) is 12.6. The van der Waals surface area contributed by atoms with Crippen molar-refractivity contribution in [1.29, 1.82) is 0 Å². The maximum absolute atomic E-state index is 13.1. The lowest BCUT2D eigenvalue weighted by Gasteiger charge is -2.36. The highest BCUT2D eigenvalue weighted by Gasteiger charge is 2.51.